The lowest BCUT2D eigenvalue weighted by atomic mass is 10.2. The Kier molecular flexibility index (Phi) is 2.09. The number of likely N-dealkylation sites (tertiary alicyclic amines) is 1. The van der Waals surface area contributed by atoms with Crippen molar-refractivity contribution in [3.8, 4) is 0 Å². The van der Waals surface area contributed by atoms with Crippen LogP contribution in [0.15, 0.2) is 0 Å². The molecule has 0 saturated carbocycles. The number of carbonyl (C=O) groups is 2. The molecule has 0 spiro atoms. The SMILES string of the molecule is O=CN1CC[C@H](O)[C@H]1C(=O)O. The third kappa shape index (κ3) is 1.32. The Hall–Kier alpha value is -1.10. The number of aliphatic hydroxyl groups is 1. The van der Waals surface area contributed by atoms with Crippen LogP contribution in [0.2, 0.25) is 0 Å². The van der Waals surface area contributed by atoms with Gasteiger partial charge in [0, 0.05) is 6.54 Å². The molecule has 0 radical (unpaired) electrons. The van der Waals surface area contributed by atoms with Crippen LogP contribution in [0.1, 0.15) is 6.42 Å². The monoisotopic (exact) mass is 159 g/mol. The zero-order valence-corrected chi connectivity index (χ0v) is 5.80. The van der Waals surface area contributed by atoms with Crippen molar-refractivity contribution in [1.29, 1.82) is 0 Å². The summed E-state index contributed by atoms with van der Waals surface area (Å²) in [7, 11) is 0. The summed E-state index contributed by atoms with van der Waals surface area (Å²) in [5.74, 6) is -1.15. The molecule has 1 rings (SSSR count). The van der Waals surface area contributed by atoms with Crippen LogP contribution >= 0.6 is 0 Å². The molecule has 0 aromatic heterocycles. The van der Waals surface area contributed by atoms with E-state index in [1.165, 1.54) is 0 Å². The Morgan fingerprint density at radius 2 is 2.27 bits per heavy atom. The van der Waals surface area contributed by atoms with Crippen molar-refractivity contribution < 1.29 is 19.8 Å². The van der Waals surface area contributed by atoms with E-state index in [-0.39, 0.29) is 0 Å². The molecule has 1 amide bonds. The van der Waals surface area contributed by atoms with Gasteiger partial charge >= 0.3 is 5.97 Å². The number of amides is 1. The fraction of sp³-hybridized carbons (Fsp3) is 0.667. The first kappa shape index (κ1) is 8.00. The van der Waals surface area contributed by atoms with Gasteiger partial charge in [0.2, 0.25) is 6.41 Å². The molecule has 1 fully saturated rings. The maximum Gasteiger partial charge on any atom is 0.329 e. The van der Waals surface area contributed by atoms with Crippen LogP contribution in [0, 0.1) is 0 Å². The third-order valence-corrected chi connectivity index (χ3v) is 1.79. The van der Waals surface area contributed by atoms with Crippen molar-refractivity contribution >= 4 is 12.4 Å². The standard InChI is InChI=1S/C6H9NO4/c8-3-7-2-1-4(9)5(7)6(10)11/h3-5,9H,1-2H2,(H,10,11)/t4-,5-/m0/s1. The normalized spacial score (nSPS) is 30.5. The number of carboxylic acids is 1. The van der Waals surface area contributed by atoms with Crippen LogP contribution in [0.3, 0.4) is 0 Å². The van der Waals surface area contributed by atoms with Crippen LogP contribution in [0.5, 0.6) is 0 Å². The maximum atomic E-state index is 10.4. The summed E-state index contributed by atoms with van der Waals surface area (Å²) < 4.78 is 0. The summed E-state index contributed by atoms with van der Waals surface area (Å²) in [6.45, 7) is 0.321. The molecule has 2 atom stereocenters. The smallest absolute Gasteiger partial charge is 0.329 e. The van der Waals surface area contributed by atoms with Crippen molar-refractivity contribution in [2.45, 2.75) is 18.6 Å². The fourth-order valence-electron chi connectivity index (χ4n) is 1.22. The molecule has 1 aliphatic rings. The van der Waals surface area contributed by atoms with E-state index in [1.54, 1.807) is 0 Å². The number of aliphatic hydroxyl groups excluding tert-OH is 1. The molecule has 1 saturated heterocycles. The summed E-state index contributed by atoms with van der Waals surface area (Å²) in [6, 6.07) is -1.05. The fourth-order valence-corrected chi connectivity index (χ4v) is 1.22. The summed E-state index contributed by atoms with van der Waals surface area (Å²) >= 11 is 0. The zero-order chi connectivity index (χ0) is 8.43. The minimum atomic E-state index is -1.15. The highest BCUT2D eigenvalue weighted by molar-refractivity contribution is 5.77. The van der Waals surface area contributed by atoms with Crippen molar-refractivity contribution in [1.82, 2.24) is 4.90 Å². The Morgan fingerprint density at radius 3 is 2.64 bits per heavy atom. The van der Waals surface area contributed by atoms with E-state index in [0.717, 1.165) is 4.90 Å². The topological polar surface area (TPSA) is 77.8 Å². The molecule has 62 valence electrons. The average Bonchev–Trinajstić information content (AvgIpc) is 2.30. The van der Waals surface area contributed by atoms with Gasteiger partial charge in [-0.05, 0) is 6.42 Å². The minimum Gasteiger partial charge on any atom is -0.480 e. The quantitative estimate of drug-likeness (QED) is 0.489. The first-order valence-electron chi connectivity index (χ1n) is 3.28. The van der Waals surface area contributed by atoms with Crippen LogP contribution in [-0.4, -0.2) is 46.2 Å². The van der Waals surface area contributed by atoms with Crippen LogP contribution in [0.4, 0.5) is 0 Å². The highest BCUT2D eigenvalue weighted by atomic mass is 16.4. The lowest BCUT2D eigenvalue weighted by Crippen LogP contribution is -2.40. The predicted octanol–water partition coefficient (Wildman–Crippen LogP) is -1.34. The van der Waals surface area contributed by atoms with Gasteiger partial charge in [-0.25, -0.2) is 4.79 Å². The van der Waals surface area contributed by atoms with Gasteiger partial charge in [0.25, 0.3) is 0 Å². The second-order valence-electron chi connectivity index (χ2n) is 2.48. The van der Waals surface area contributed by atoms with Crippen molar-refractivity contribution in [3.63, 3.8) is 0 Å². The van der Waals surface area contributed by atoms with E-state index in [9.17, 15) is 9.59 Å². The number of carbonyl (C=O) groups excluding carboxylic acids is 1. The summed E-state index contributed by atoms with van der Waals surface area (Å²) in [4.78, 5) is 21.7. The highest BCUT2D eigenvalue weighted by Crippen LogP contribution is 2.15. The first-order chi connectivity index (χ1) is 5.16. The molecule has 0 bridgehead atoms. The van der Waals surface area contributed by atoms with E-state index in [4.69, 9.17) is 10.2 Å². The number of hydrogen-bond donors (Lipinski definition) is 2. The van der Waals surface area contributed by atoms with Crippen molar-refractivity contribution in [2.24, 2.45) is 0 Å². The van der Waals surface area contributed by atoms with E-state index >= 15 is 0 Å². The summed E-state index contributed by atoms with van der Waals surface area (Å²) in [5.41, 5.74) is 0. The molecule has 0 aromatic rings. The number of carboxylic acid groups (broad SMARTS) is 1. The molecule has 11 heavy (non-hydrogen) atoms. The number of hydrogen-bond acceptors (Lipinski definition) is 3. The lowest BCUT2D eigenvalue weighted by Gasteiger charge is -2.16. The van der Waals surface area contributed by atoms with E-state index < -0.39 is 18.1 Å². The lowest BCUT2D eigenvalue weighted by molar-refractivity contribution is -0.147. The minimum absolute atomic E-state index is 0.321. The predicted molar refractivity (Wildman–Crippen MR) is 34.8 cm³/mol. The van der Waals surface area contributed by atoms with Gasteiger partial charge in [0.1, 0.15) is 0 Å². The van der Waals surface area contributed by atoms with Gasteiger partial charge in [-0.15, -0.1) is 0 Å². The molecular weight excluding hydrogens is 150 g/mol. The molecule has 0 aliphatic carbocycles. The Balaban J connectivity index is 2.70. The number of rotatable bonds is 2. The molecule has 5 nitrogen and oxygen atoms in total. The second kappa shape index (κ2) is 2.87. The first-order valence-corrected chi connectivity index (χ1v) is 3.28. The number of aliphatic carboxylic acids is 1. The molecule has 1 heterocycles. The van der Waals surface area contributed by atoms with Crippen molar-refractivity contribution in [3.05, 3.63) is 0 Å². The summed E-state index contributed by atoms with van der Waals surface area (Å²) in [6.07, 6.45) is -0.122. The largest absolute Gasteiger partial charge is 0.480 e. The van der Waals surface area contributed by atoms with Crippen molar-refractivity contribution in [2.75, 3.05) is 6.54 Å². The Bertz CT molecular complexity index is 181. The van der Waals surface area contributed by atoms with Crippen LogP contribution < -0.4 is 0 Å². The van der Waals surface area contributed by atoms with Gasteiger partial charge in [-0.2, -0.15) is 0 Å². The average molecular weight is 159 g/mol. The Labute approximate surface area is 63.2 Å². The van der Waals surface area contributed by atoms with Crippen LogP contribution in [0.25, 0.3) is 0 Å². The molecule has 0 aromatic carbocycles. The highest BCUT2D eigenvalue weighted by Gasteiger charge is 2.37. The van der Waals surface area contributed by atoms with Gasteiger partial charge in [-0.3, -0.25) is 4.79 Å². The number of nitrogens with zero attached hydrogens (tertiary/aromatic N) is 1. The Morgan fingerprint density at radius 1 is 1.64 bits per heavy atom. The van der Waals surface area contributed by atoms with Gasteiger partial charge in [0.15, 0.2) is 6.04 Å². The maximum absolute atomic E-state index is 10.4. The van der Waals surface area contributed by atoms with E-state index in [2.05, 4.69) is 0 Å². The molecule has 1 aliphatic heterocycles. The molecule has 5 heteroatoms. The van der Waals surface area contributed by atoms with E-state index in [0.29, 0.717) is 19.4 Å². The van der Waals surface area contributed by atoms with E-state index in [1.807, 2.05) is 0 Å². The second-order valence-corrected chi connectivity index (χ2v) is 2.48. The third-order valence-electron chi connectivity index (χ3n) is 1.79. The van der Waals surface area contributed by atoms with Crippen LogP contribution in [-0.2, 0) is 9.59 Å². The summed E-state index contributed by atoms with van der Waals surface area (Å²) in [5, 5.41) is 17.6. The molecule has 0 unspecified atom stereocenters. The van der Waals surface area contributed by atoms with Gasteiger partial charge < -0.3 is 15.1 Å². The zero-order valence-electron chi connectivity index (χ0n) is 5.80. The van der Waals surface area contributed by atoms with Gasteiger partial charge in [0.05, 0.1) is 6.10 Å². The van der Waals surface area contributed by atoms with Gasteiger partial charge in [-0.1, -0.05) is 0 Å². The molecule has 2 N–H and O–H groups in total. The molecular formula is C6H9NO4.